The van der Waals surface area contributed by atoms with Crippen molar-refractivity contribution in [2.75, 3.05) is 11.6 Å². The van der Waals surface area contributed by atoms with Gasteiger partial charge in [-0.05, 0) is 42.8 Å². The normalized spacial score (nSPS) is 11.3. The van der Waals surface area contributed by atoms with Crippen LogP contribution in [0.1, 0.15) is 15.9 Å². The van der Waals surface area contributed by atoms with E-state index in [1.807, 2.05) is 0 Å². The van der Waals surface area contributed by atoms with Crippen molar-refractivity contribution < 1.29 is 17.6 Å². The monoisotopic (exact) mass is 341 g/mol. The van der Waals surface area contributed by atoms with Crippen LogP contribution < -0.4 is 5.32 Å². The van der Waals surface area contributed by atoms with Crippen LogP contribution in [0.5, 0.6) is 0 Å². The van der Waals surface area contributed by atoms with Gasteiger partial charge < -0.3 is 5.32 Å². The number of aryl methyl sites for hydroxylation is 1. The molecular formula is C15H13ClFNO3S. The first-order chi connectivity index (χ1) is 10.2. The number of hydrogen-bond donors (Lipinski definition) is 1. The van der Waals surface area contributed by atoms with Crippen LogP contribution in [0.15, 0.2) is 41.3 Å². The first-order valence-corrected chi connectivity index (χ1v) is 8.52. The van der Waals surface area contributed by atoms with Gasteiger partial charge >= 0.3 is 0 Å². The molecule has 0 spiro atoms. The molecule has 7 heteroatoms. The summed E-state index contributed by atoms with van der Waals surface area (Å²) < 4.78 is 36.9. The van der Waals surface area contributed by atoms with Gasteiger partial charge in [-0.3, -0.25) is 4.79 Å². The molecule has 0 bridgehead atoms. The molecule has 0 aliphatic rings. The molecule has 22 heavy (non-hydrogen) atoms. The zero-order chi connectivity index (χ0) is 16.5. The summed E-state index contributed by atoms with van der Waals surface area (Å²) in [6.45, 7) is 1.73. The fourth-order valence-corrected chi connectivity index (χ4v) is 3.15. The number of nitrogens with one attached hydrogen (secondary N) is 1. The van der Waals surface area contributed by atoms with E-state index >= 15 is 0 Å². The SMILES string of the molecule is Cc1ccc(NC(=O)c2ccc(Cl)c(S(C)(=O)=O)c2)c(F)c1. The van der Waals surface area contributed by atoms with E-state index in [1.165, 1.54) is 30.3 Å². The second-order valence-corrected chi connectivity index (χ2v) is 7.25. The third-order valence-corrected chi connectivity index (χ3v) is 4.54. The van der Waals surface area contributed by atoms with Crippen LogP contribution in [-0.2, 0) is 9.84 Å². The van der Waals surface area contributed by atoms with Gasteiger partial charge in [-0.25, -0.2) is 12.8 Å². The highest BCUT2D eigenvalue weighted by molar-refractivity contribution is 7.90. The van der Waals surface area contributed by atoms with Crippen LogP contribution in [0, 0.1) is 12.7 Å². The van der Waals surface area contributed by atoms with E-state index < -0.39 is 21.6 Å². The molecule has 0 heterocycles. The van der Waals surface area contributed by atoms with Crippen molar-refractivity contribution in [3.05, 3.63) is 58.4 Å². The lowest BCUT2D eigenvalue weighted by Gasteiger charge is -2.09. The Balaban J connectivity index is 2.34. The van der Waals surface area contributed by atoms with Gasteiger partial charge in [-0.15, -0.1) is 0 Å². The summed E-state index contributed by atoms with van der Waals surface area (Å²) >= 11 is 5.82. The minimum absolute atomic E-state index is 0.0199. The highest BCUT2D eigenvalue weighted by Gasteiger charge is 2.16. The summed E-state index contributed by atoms with van der Waals surface area (Å²) in [5.74, 6) is -1.19. The predicted octanol–water partition coefficient (Wildman–Crippen LogP) is 3.44. The Hall–Kier alpha value is -1.92. The molecule has 2 aromatic carbocycles. The lowest BCUT2D eigenvalue weighted by molar-refractivity contribution is 0.102. The number of halogens is 2. The maximum Gasteiger partial charge on any atom is 0.255 e. The van der Waals surface area contributed by atoms with Crippen molar-refractivity contribution in [1.29, 1.82) is 0 Å². The molecule has 2 rings (SSSR count). The average Bonchev–Trinajstić information content (AvgIpc) is 2.41. The molecular weight excluding hydrogens is 329 g/mol. The predicted molar refractivity (Wildman–Crippen MR) is 83.7 cm³/mol. The number of hydrogen-bond acceptors (Lipinski definition) is 3. The molecule has 0 unspecified atom stereocenters. The molecule has 0 fully saturated rings. The molecule has 116 valence electrons. The zero-order valence-corrected chi connectivity index (χ0v) is 13.4. The molecule has 0 aliphatic heterocycles. The molecule has 0 aromatic heterocycles. The third kappa shape index (κ3) is 3.64. The molecule has 0 atom stereocenters. The van der Waals surface area contributed by atoms with Crippen molar-refractivity contribution in [3.8, 4) is 0 Å². The molecule has 4 nitrogen and oxygen atoms in total. The molecule has 0 radical (unpaired) electrons. The summed E-state index contributed by atoms with van der Waals surface area (Å²) in [6.07, 6.45) is 0.996. The van der Waals surface area contributed by atoms with Crippen LogP contribution in [0.3, 0.4) is 0 Å². The van der Waals surface area contributed by atoms with Crippen LogP contribution in [0.25, 0.3) is 0 Å². The third-order valence-electron chi connectivity index (χ3n) is 2.97. The number of carbonyl (C=O) groups is 1. The Morgan fingerprint density at radius 1 is 1.18 bits per heavy atom. The van der Waals surface area contributed by atoms with Gasteiger partial charge in [0.15, 0.2) is 9.84 Å². The van der Waals surface area contributed by atoms with Gasteiger partial charge in [0, 0.05) is 11.8 Å². The van der Waals surface area contributed by atoms with Gasteiger partial charge in [0.25, 0.3) is 5.91 Å². The van der Waals surface area contributed by atoms with E-state index in [0.717, 1.165) is 11.8 Å². The van der Waals surface area contributed by atoms with Crippen molar-refractivity contribution in [1.82, 2.24) is 0 Å². The Morgan fingerprint density at radius 2 is 1.86 bits per heavy atom. The number of amides is 1. The minimum atomic E-state index is -3.56. The zero-order valence-electron chi connectivity index (χ0n) is 11.9. The Kier molecular flexibility index (Phi) is 4.53. The van der Waals surface area contributed by atoms with Crippen molar-refractivity contribution in [2.45, 2.75) is 11.8 Å². The van der Waals surface area contributed by atoms with Crippen molar-refractivity contribution in [3.63, 3.8) is 0 Å². The molecule has 1 amide bonds. The number of rotatable bonds is 3. The Morgan fingerprint density at radius 3 is 2.45 bits per heavy atom. The molecule has 0 saturated carbocycles. The standard InChI is InChI=1S/C15H13ClFNO3S/c1-9-3-6-13(12(17)7-9)18-15(19)10-4-5-11(16)14(8-10)22(2,20)21/h3-8H,1-2H3,(H,18,19). The van der Waals surface area contributed by atoms with E-state index in [-0.39, 0.29) is 21.2 Å². The van der Waals surface area contributed by atoms with E-state index in [4.69, 9.17) is 11.6 Å². The van der Waals surface area contributed by atoms with Gasteiger partial charge in [-0.2, -0.15) is 0 Å². The van der Waals surface area contributed by atoms with E-state index in [9.17, 15) is 17.6 Å². The quantitative estimate of drug-likeness (QED) is 0.930. The van der Waals surface area contributed by atoms with E-state index in [2.05, 4.69) is 5.32 Å². The highest BCUT2D eigenvalue weighted by Crippen LogP contribution is 2.23. The van der Waals surface area contributed by atoms with Crippen LogP contribution >= 0.6 is 11.6 Å². The fourth-order valence-electron chi connectivity index (χ4n) is 1.84. The van der Waals surface area contributed by atoms with Gasteiger partial charge in [0.1, 0.15) is 5.82 Å². The molecule has 1 N–H and O–H groups in total. The number of anilines is 1. The van der Waals surface area contributed by atoms with Crippen LogP contribution in [-0.4, -0.2) is 20.6 Å². The number of sulfone groups is 1. The summed E-state index contributed by atoms with van der Waals surface area (Å²) in [5, 5.41) is 2.43. The maximum atomic E-state index is 13.7. The largest absolute Gasteiger partial charge is 0.319 e. The summed E-state index contributed by atoms with van der Waals surface area (Å²) in [5.41, 5.74) is 0.817. The van der Waals surface area contributed by atoms with Gasteiger partial charge in [0.05, 0.1) is 15.6 Å². The maximum absolute atomic E-state index is 13.7. The van der Waals surface area contributed by atoms with Crippen molar-refractivity contribution >= 4 is 33.0 Å². The van der Waals surface area contributed by atoms with Crippen LogP contribution in [0.4, 0.5) is 10.1 Å². The number of benzene rings is 2. The minimum Gasteiger partial charge on any atom is -0.319 e. The fraction of sp³-hybridized carbons (Fsp3) is 0.133. The first-order valence-electron chi connectivity index (χ1n) is 6.25. The molecule has 2 aromatic rings. The van der Waals surface area contributed by atoms with Crippen molar-refractivity contribution in [2.24, 2.45) is 0 Å². The lowest BCUT2D eigenvalue weighted by Crippen LogP contribution is -2.14. The smallest absolute Gasteiger partial charge is 0.255 e. The Labute approximate surface area is 132 Å². The van der Waals surface area contributed by atoms with Gasteiger partial charge in [-0.1, -0.05) is 17.7 Å². The van der Waals surface area contributed by atoms with E-state index in [0.29, 0.717) is 0 Å². The van der Waals surface area contributed by atoms with Gasteiger partial charge in [0.2, 0.25) is 0 Å². The number of carbonyl (C=O) groups excluding carboxylic acids is 1. The van der Waals surface area contributed by atoms with E-state index in [1.54, 1.807) is 13.0 Å². The second-order valence-electron chi connectivity index (χ2n) is 4.85. The summed E-state index contributed by atoms with van der Waals surface area (Å²) in [6, 6.07) is 8.24. The topological polar surface area (TPSA) is 63.2 Å². The highest BCUT2D eigenvalue weighted by atomic mass is 35.5. The second kappa shape index (κ2) is 6.06. The Bertz CT molecular complexity index is 850. The molecule has 0 saturated heterocycles. The summed E-state index contributed by atoms with van der Waals surface area (Å²) in [7, 11) is -3.56. The van der Waals surface area contributed by atoms with Crippen LogP contribution in [0.2, 0.25) is 5.02 Å². The average molecular weight is 342 g/mol. The lowest BCUT2D eigenvalue weighted by atomic mass is 10.2. The molecule has 0 aliphatic carbocycles. The first kappa shape index (κ1) is 16.5. The summed E-state index contributed by atoms with van der Waals surface area (Å²) in [4.78, 5) is 12.0.